The lowest BCUT2D eigenvalue weighted by atomic mass is 9.98. The van der Waals surface area contributed by atoms with E-state index in [2.05, 4.69) is 10.4 Å². The molecule has 3 aromatic carbocycles. The third-order valence-corrected chi connectivity index (χ3v) is 7.56. The van der Waals surface area contributed by atoms with Gasteiger partial charge in [0.25, 0.3) is 0 Å². The van der Waals surface area contributed by atoms with Crippen molar-refractivity contribution in [1.82, 2.24) is 15.1 Å². The number of alkyl carbamates (subject to hydrolysis) is 1. The summed E-state index contributed by atoms with van der Waals surface area (Å²) in [6.07, 6.45) is -0.846. The standard InChI is InChI=1S/C31H30N4O7/c1-18-29(35(39)40)19(2)34(33-18)16-21-14-20(12-13-28(21)41-3)15-27(30(36)37)32-31(38)42-17-26-24-10-6-4-8-22(24)23-9-5-7-11-25(23)26/h4-14,26-27H,15-17H2,1-3H3,(H,32,38)(H,36,37). The highest BCUT2D eigenvalue weighted by Crippen LogP contribution is 2.44. The average Bonchev–Trinajstić information content (AvgIpc) is 3.44. The Hall–Kier alpha value is -5.19. The molecule has 2 N–H and O–H groups in total. The fourth-order valence-electron chi connectivity index (χ4n) is 5.57. The van der Waals surface area contributed by atoms with Gasteiger partial charge in [-0.2, -0.15) is 5.10 Å². The molecule has 5 rings (SSSR count). The van der Waals surface area contributed by atoms with Gasteiger partial charge in [-0.25, -0.2) is 9.59 Å². The third-order valence-electron chi connectivity index (χ3n) is 7.56. The Labute approximate surface area is 241 Å². The molecule has 0 radical (unpaired) electrons. The fourth-order valence-corrected chi connectivity index (χ4v) is 5.57. The first-order valence-corrected chi connectivity index (χ1v) is 13.4. The number of methoxy groups -OCH3 is 1. The summed E-state index contributed by atoms with van der Waals surface area (Å²) in [6.45, 7) is 3.43. The summed E-state index contributed by atoms with van der Waals surface area (Å²) in [4.78, 5) is 35.8. The Kier molecular flexibility index (Phi) is 7.92. The molecule has 0 spiro atoms. The largest absolute Gasteiger partial charge is 0.496 e. The van der Waals surface area contributed by atoms with Crippen LogP contribution in [0.2, 0.25) is 0 Å². The van der Waals surface area contributed by atoms with Crippen molar-refractivity contribution in [2.24, 2.45) is 0 Å². The predicted octanol–water partition coefficient (Wildman–Crippen LogP) is 5.00. The summed E-state index contributed by atoms with van der Waals surface area (Å²) >= 11 is 0. The van der Waals surface area contributed by atoms with E-state index in [4.69, 9.17) is 9.47 Å². The van der Waals surface area contributed by atoms with E-state index in [1.54, 1.807) is 32.0 Å². The molecule has 0 saturated heterocycles. The molecular formula is C31H30N4O7. The number of aromatic nitrogens is 2. The van der Waals surface area contributed by atoms with Gasteiger partial charge in [0, 0.05) is 17.9 Å². The number of amides is 1. The Morgan fingerprint density at radius 3 is 2.29 bits per heavy atom. The van der Waals surface area contributed by atoms with Crippen LogP contribution >= 0.6 is 0 Å². The van der Waals surface area contributed by atoms with E-state index in [1.807, 2.05) is 48.5 Å². The zero-order valence-electron chi connectivity index (χ0n) is 23.4. The Balaban J connectivity index is 1.28. The number of carbonyl (C=O) groups excluding carboxylic acids is 1. The zero-order valence-corrected chi connectivity index (χ0v) is 23.4. The van der Waals surface area contributed by atoms with E-state index in [9.17, 15) is 24.8 Å². The second kappa shape index (κ2) is 11.7. The van der Waals surface area contributed by atoms with Crippen LogP contribution < -0.4 is 10.1 Å². The molecular weight excluding hydrogens is 540 g/mol. The van der Waals surface area contributed by atoms with Crippen LogP contribution in [-0.2, 0) is 22.5 Å². The molecule has 0 fully saturated rings. The number of carboxylic acid groups (broad SMARTS) is 1. The van der Waals surface area contributed by atoms with Crippen LogP contribution in [0.1, 0.15) is 39.6 Å². The molecule has 1 aliphatic rings. The van der Waals surface area contributed by atoms with Gasteiger partial charge in [0.1, 0.15) is 29.8 Å². The summed E-state index contributed by atoms with van der Waals surface area (Å²) in [5, 5.41) is 28.1. The second-order valence-corrected chi connectivity index (χ2v) is 10.1. The summed E-state index contributed by atoms with van der Waals surface area (Å²) in [6, 6.07) is 19.8. The molecule has 1 heterocycles. The van der Waals surface area contributed by atoms with E-state index in [-0.39, 0.29) is 31.2 Å². The first kappa shape index (κ1) is 28.3. The zero-order chi connectivity index (χ0) is 30.0. The maximum Gasteiger partial charge on any atom is 0.407 e. The van der Waals surface area contributed by atoms with Gasteiger partial charge in [-0.05, 0) is 47.7 Å². The maximum absolute atomic E-state index is 12.8. The van der Waals surface area contributed by atoms with Crippen molar-refractivity contribution in [2.45, 2.75) is 38.8 Å². The van der Waals surface area contributed by atoms with E-state index in [1.165, 1.54) is 11.8 Å². The first-order valence-electron chi connectivity index (χ1n) is 13.4. The molecule has 1 atom stereocenters. The van der Waals surface area contributed by atoms with Crippen molar-refractivity contribution >= 4 is 17.7 Å². The lowest BCUT2D eigenvalue weighted by molar-refractivity contribution is -0.386. The van der Waals surface area contributed by atoms with Gasteiger partial charge in [-0.3, -0.25) is 14.8 Å². The smallest absolute Gasteiger partial charge is 0.407 e. The number of carbonyl (C=O) groups is 2. The van der Waals surface area contributed by atoms with Crippen LogP contribution in [0.4, 0.5) is 10.5 Å². The van der Waals surface area contributed by atoms with Gasteiger partial charge in [-0.15, -0.1) is 0 Å². The van der Waals surface area contributed by atoms with Gasteiger partial charge >= 0.3 is 17.7 Å². The number of ether oxygens (including phenoxy) is 2. The van der Waals surface area contributed by atoms with Gasteiger partial charge in [0.2, 0.25) is 0 Å². The maximum atomic E-state index is 12.8. The van der Waals surface area contributed by atoms with Gasteiger partial charge < -0.3 is 19.9 Å². The van der Waals surface area contributed by atoms with Gasteiger partial charge in [0.15, 0.2) is 0 Å². The van der Waals surface area contributed by atoms with Crippen molar-refractivity contribution in [3.63, 3.8) is 0 Å². The Morgan fingerprint density at radius 2 is 1.71 bits per heavy atom. The number of hydrogen-bond donors (Lipinski definition) is 2. The van der Waals surface area contributed by atoms with Crippen molar-refractivity contribution < 1.29 is 29.1 Å². The van der Waals surface area contributed by atoms with Crippen LogP contribution in [0.15, 0.2) is 66.7 Å². The van der Waals surface area contributed by atoms with E-state index in [0.717, 1.165) is 22.3 Å². The minimum Gasteiger partial charge on any atom is -0.496 e. The number of rotatable bonds is 10. The van der Waals surface area contributed by atoms with E-state index >= 15 is 0 Å². The molecule has 1 aliphatic carbocycles. The number of aryl methyl sites for hydroxylation is 1. The van der Waals surface area contributed by atoms with Crippen LogP contribution in [0.5, 0.6) is 5.75 Å². The summed E-state index contributed by atoms with van der Waals surface area (Å²) < 4.78 is 12.5. The SMILES string of the molecule is COc1ccc(CC(NC(=O)OCC2c3ccccc3-c3ccccc32)C(=O)O)cc1Cn1nc(C)c([N+](=O)[O-])c1C. The van der Waals surface area contributed by atoms with Crippen molar-refractivity contribution in [2.75, 3.05) is 13.7 Å². The quantitative estimate of drug-likeness (QED) is 0.200. The van der Waals surface area contributed by atoms with Crippen molar-refractivity contribution in [1.29, 1.82) is 0 Å². The molecule has 1 amide bonds. The summed E-state index contributed by atoms with van der Waals surface area (Å²) in [7, 11) is 1.50. The highest BCUT2D eigenvalue weighted by molar-refractivity contribution is 5.81. The second-order valence-electron chi connectivity index (χ2n) is 10.1. The molecule has 0 bridgehead atoms. The number of carboxylic acids is 1. The molecule has 0 saturated carbocycles. The summed E-state index contributed by atoms with van der Waals surface area (Å²) in [5.74, 6) is -0.846. The van der Waals surface area contributed by atoms with E-state index < -0.39 is 23.0 Å². The summed E-state index contributed by atoms with van der Waals surface area (Å²) in [5.41, 5.74) is 6.21. The minimum absolute atomic E-state index is 0.0201. The van der Waals surface area contributed by atoms with Crippen LogP contribution in [0.3, 0.4) is 0 Å². The third kappa shape index (κ3) is 5.53. The van der Waals surface area contributed by atoms with Crippen molar-refractivity contribution in [3.05, 3.63) is 110 Å². The number of nitrogens with one attached hydrogen (secondary N) is 1. The van der Waals surface area contributed by atoms with Crippen LogP contribution in [0.25, 0.3) is 11.1 Å². The van der Waals surface area contributed by atoms with Crippen LogP contribution in [0, 0.1) is 24.0 Å². The Morgan fingerprint density at radius 1 is 1.07 bits per heavy atom. The Bertz CT molecular complexity index is 1630. The molecule has 11 heteroatoms. The molecule has 1 aromatic heterocycles. The topological polar surface area (TPSA) is 146 Å². The van der Waals surface area contributed by atoms with Crippen LogP contribution in [-0.4, -0.2) is 51.6 Å². The number of hydrogen-bond acceptors (Lipinski definition) is 7. The number of benzene rings is 3. The average molecular weight is 571 g/mol. The first-order chi connectivity index (χ1) is 20.2. The predicted molar refractivity (Wildman–Crippen MR) is 154 cm³/mol. The fraction of sp³-hybridized carbons (Fsp3) is 0.258. The lowest BCUT2D eigenvalue weighted by Gasteiger charge is -2.18. The molecule has 4 aromatic rings. The molecule has 42 heavy (non-hydrogen) atoms. The highest BCUT2D eigenvalue weighted by Gasteiger charge is 2.30. The number of aliphatic carboxylic acids is 1. The van der Waals surface area contributed by atoms with Gasteiger partial charge in [-0.1, -0.05) is 60.7 Å². The number of nitrogens with zero attached hydrogens (tertiary/aromatic N) is 3. The van der Waals surface area contributed by atoms with Crippen molar-refractivity contribution in [3.8, 4) is 16.9 Å². The molecule has 11 nitrogen and oxygen atoms in total. The molecule has 216 valence electrons. The minimum atomic E-state index is -1.25. The molecule has 1 unspecified atom stereocenters. The normalized spacial score (nSPS) is 12.7. The monoisotopic (exact) mass is 570 g/mol. The van der Waals surface area contributed by atoms with E-state index in [0.29, 0.717) is 28.3 Å². The number of fused-ring (bicyclic) bond motifs is 3. The lowest BCUT2D eigenvalue weighted by Crippen LogP contribution is -2.42. The van der Waals surface area contributed by atoms with Gasteiger partial charge in [0.05, 0.1) is 18.6 Å². The number of nitro groups is 1. The highest BCUT2D eigenvalue weighted by atomic mass is 16.6. The molecule has 0 aliphatic heterocycles.